The Hall–Kier alpha value is -2.41. The minimum atomic E-state index is -0.226. The van der Waals surface area contributed by atoms with E-state index in [1.165, 1.54) is 24.1 Å². The Morgan fingerprint density at radius 3 is 3.15 bits per heavy atom. The van der Waals surface area contributed by atoms with Gasteiger partial charge in [-0.2, -0.15) is 5.10 Å². The summed E-state index contributed by atoms with van der Waals surface area (Å²) in [5.41, 5.74) is 3.63. The molecule has 7 heteroatoms. The first-order chi connectivity index (χ1) is 13.3. The number of fused-ring (bicyclic) bond motifs is 1. The van der Waals surface area contributed by atoms with E-state index in [2.05, 4.69) is 20.5 Å². The average Bonchev–Trinajstić information content (AvgIpc) is 3.12. The monoisotopic (exact) mass is 370 g/mol. The van der Waals surface area contributed by atoms with E-state index in [0.29, 0.717) is 31.9 Å². The number of ether oxygens (including phenoxy) is 2. The molecule has 4 rings (SSSR count). The van der Waals surface area contributed by atoms with Crippen molar-refractivity contribution < 1.29 is 14.3 Å². The fourth-order valence-corrected chi connectivity index (χ4v) is 3.83. The van der Waals surface area contributed by atoms with Crippen molar-refractivity contribution in [1.29, 1.82) is 0 Å². The van der Waals surface area contributed by atoms with Gasteiger partial charge in [0.15, 0.2) is 0 Å². The van der Waals surface area contributed by atoms with E-state index >= 15 is 0 Å². The molecule has 2 aliphatic rings. The van der Waals surface area contributed by atoms with Gasteiger partial charge < -0.3 is 14.8 Å². The maximum Gasteiger partial charge on any atom is 0.220 e. The fourth-order valence-electron chi connectivity index (χ4n) is 3.83. The summed E-state index contributed by atoms with van der Waals surface area (Å²) in [7, 11) is 0. The average molecular weight is 370 g/mol. The van der Waals surface area contributed by atoms with Gasteiger partial charge in [0.2, 0.25) is 11.8 Å². The Labute approximate surface area is 158 Å². The minimum Gasteiger partial charge on any atom is -0.470 e. The highest BCUT2D eigenvalue weighted by Crippen LogP contribution is 2.23. The number of carbonyl (C=O) groups is 1. The van der Waals surface area contributed by atoms with Crippen molar-refractivity contribution in [2.24, 2.45) is 0 Å². The molecular weight excluding hydrogens is 344 g/mol. The van der Waals surface area contributed by atoms with Crippen molar-refractivity contribution in [2.45, 2.75) is 57.1 Å². The summed E-state index contributed by atoms with van der Waals surface area (Å²) in [4.78, 5) is 16.7. The largest absolute Gasteiger partial charge is 0.470 e. The molecule has 1 aliphatic carbocycles. The van der Waals surface area contributed by atoms with E-state index in [-0.39, 0.29) is 18.1 Å². The molecule has 3 heterocycles. The van der Waals surface area contributed by atoms with Crippen LogP contribution in [0.3, 0.4) is 0 Å². The van der Waals surface area contributed by atoms with Crippen LogP contribution in [0.2, 0.25) is 0 Å². The molecule has 27 heavy (non-hydrogen) atoms. The molecule has 2 aromatic rings. The van der Waals surface area contributed by atoms with Crippen molar-refractivity contribution in [3.8, 4) is 5.88 Å². The zero-order valence-electron chi connectivity index (χ0n) is 15.4. The second-order valence-electron chi connectivity index (χ2n) is 7.20. The topological polar surface area (TPSA) is 89.1 Å². The van der Waals surface area contributed by atoms with Crippen LogP contribution in [0.4, 0.5) is 0 Å². The Morgan fingerprint density at radius 1 is 1.33 bits per heavy atom. The summed E-state index contributed by atoms with van der Waals surface area (Å²) in [6.45, 7) is 1.08. The summed E-state index contributed by atoms with van der Waals surface area (Å²) >= 11 is 0. The highest BCUT2D eigenvalue weighted by atomic mass is 16.5. The number of pyridine rings is 1. The normalized spacial score (nSPS) is 22.1. The number of nitrogens with one attached hydrogen (secondary N) is 2. The zero-order chi connectivity index (χ0) is 18.5. The molecular formula is C20H26N4O3. The van der Waals surface area contributed by atoms with Gasteiger partial charge in [-0.25, -0.2) is 4.98 Å². The van der Waals surface area contributed by atoms with E-state index in [9.17, 15) is 4.79 Å². The SMILES string of the molecule is O=C(CCc1n[nH]c2c1CCCC2)NC1CCOCC1Oc1ccccn1. The number of carbonyl (C=O) groups excluding carboxylic acids is 1. The van der Waals surface area contributed by atoms with Crippen LogP contribution in [-0.2, 0) is 28.8 Å². The van der Waals surface area contributed by atoms with Crippen molar-refractivity contribution in [3.05, 3.63) is 41.3 Å². The minimum absolute atomic E-state index is 0.0316. The predicted octanol–water partition coefficient (Wildman–Crippen LogP) is 1.97. The van der Waals surface area contributed by atoms with Crippen LogP contribution in [0.5, 0.6) is 5.88 Å². The van der Waals surface area contributed by atoms with E-state index in [4.69, 9.17) is 9.47 Å². The molecule has 0 radical (unpaired) electrons. The lowest BCUT2D eigenvalue weighted by Crippen LogP contribution is -2.51. The second kappa shape index (κ2) is 8.52. The lowest BCUT2D eigenvalue weighted by molar-refractivity contribution is -0.124. The Balaban J connectivity index is 1.31. The van der Waals surface area contributed by atoms with Gasteiger partial charge in [-0.05, 0) is 43.7 Å². The third-order valence-corrected chi connectivity index (χ3v) is 5.29. The van der Waals surface area contributed by atoms with E-state index in [0.717, 1.165) is 25.0 Å². The summed E-state index contributed by atoms with van der Waals surface area (Å²) in [5, 5.41) is 10.7. The number of aromatic nitrogens is 3. The lowest BCUT2D eigenvalue weighted by Gasteiger charge is -2.32. The molecule has 0 bridgehead atoms. The summed E-state index contributed by atoms with van der Waals surface area (Å²) in [5.74, 6) is 0.583. The predicted molar refractivity (Wildman–Crippen MR) is 99.6 cm³/mol. The van der Waals surface area contributed by atoms with Crippen molar-refractivity contribution in [3.63, 3.8) is 0 Å². The molecule has 1 amide bonds. The van der Waals surface area contributed by atoms with Gasteiger partial charge >= 0.3 is 0 Å². The third-order valence-electron chi connectivity index (χ3n) is 5.29. The van der Waals surface area contributed by atoms with Crippen LogP contribution < -0.4 is 10.1 Å². The molecule has 2 atom stereocenters. The number of nitrogens with zero attached hydrogens (tertiary/aromatic N) is 2. The van der Waals surface area contributed by atoms with Gasteiger partial charge in [0, 0.05) is 37.4 Å². The van der Waals surface area contributed by atoms with Gasteiger partial charge in [0.1, 0.15) is 6.10 Å². The van der Waals surface area contributed by atoms with E-state index in [1.54, 1.807) is 6.20 Å². The number of aryl methyl sites for hydroxylation is 2. The first kappa shape index (κ1) is 18.0. The number of aromatic amines is 1. The highest BCUT2D eigenvalue weighted by molar-refractivity contribution is 5.76. The Morgan fingerprint density at radius 2 is 2.26 bits per heavy atom. The summed E-state index contributed by atoms with van der Waals surface area (Å²) in [6.07, 6.45) is 7.88. The Kier molecular flexibility index (Phi) is 5.67. The van der Waals surface area contributed by atoms with Crippen LogP contribution in [0, 0.1) is 0 Å². The zero-order valence-corrected chi connectivity index (χ0v) is 15.4. The molecule has 2 aromatic heterocycles. The Bertz CT molecular complexity index is 762. The van der Waals surface area contributed by atoms with Gasteiger partial charge in [0.05, 0.1) is 18.3 Å². The molecule has 144 valence electrons. The van der Waals surface area contributed by atoms with Gasteiger partial charge in [0.25, 0.3) is 0 Å². The fraction of sp³-hybridized carbons (Fsp3) is 0.550. The first-order valence-corrected chi connectivity index (χ1v) is 9.79. The summed E-state index contributed by atoms with van der Waals surface area (Å²) < 4.78 is 11.5. The number of H-pyrrole nitrogens is 1. The van der Waals surface area contributed by atoms with E-state index < -0.39 is 0 Å². The van der Waals surface area contributed by atoms with Crippen molar-refractivity contribution in [2.75, 3.05) is 13.2 Å². The molecule has 0 spiro atoms. The molecule has 0 aromatic carbocycles. The molecule has 0 saturated carbocycles. The third kappa shape index (κ3) is 4.47. The lowest BCUT2D eigenvalue weighted by atomic mass is 9.94. The van der Waals surface area contributed by atoms with Gasteiger partial charge in [-0.3, -0.25) is 9.89 Å². The molecule has 1 aliphatic heterocycles. The van der Waals surface area contributed by atoms with E-state index in [1.807, 2.05) is 18.2 Å². The first-order valence-electron chi connectivity index (χ1n) is 9.79. The quantitative estimate of drug-likeness (QED) is 0.811. The van der Waals surface area contributed by atoms with Crippen LogP contribution >= 0.6 is 0 Å². The highest BCUT2D eigenvalue weighted by Gasteiger charge is 2.29. The van der Waals surface area contributed by atoms with Crippen LogP contribution in [0.1, 0.15) is 42.6 Å². The second-order valence-corrected chi connectivity index (χ2v) is 7.20. The number of rotatable bonds is 6. The van der Waals surface area contributed by atoms with Crippen LogP contribution in [-0.4, -0.2) is 46.4 Å². The molecule has 2 N–H and O–H groups in total. The van der Waals surface area contributed by atoms with Gasteiger partial charge in [-0.1, -0.05) is 6.07 Å². The van der Waals surface area contributed by atoms with Crippen molar-refractivity contribution in [1.82, 2.24) is 20.5 Å². The number of hydrogen-bond donors (Lipinski definition) is 2. The number of hydrogen-bond acceptors (Lipinski definition) is 5. The summed E-state index contributed by atoms with van der Waals surface area (Å²) in [6, 6.07) is 5.47. The smallest absolute Gasteiger partial charge is 0.220 e. The van der Waals surface area contributed by atoms with Crippen LogP contribution in [0.15, 0.2) is 24.4 Å². The standard InChI is InChI=1S/C20H26N4O3/c25-19(9-8-16-14-5-1-2-6-15(14)23-24-16)22-17-10-12-26-13-18(17)27-20-7-3-4-11-21-20/h3-4,7,11,17-18H,1-2,5-6,8-10,12-13H2,(H,22,25)(H,23,24). The molecule has 2 unspecified atom stereocenters. The molecule has 1 saturated heterocycles. The maximum absolute atomic E-state index is 12.5. The molecule has 7 nitrogen and oxygen atoms in total. The number of amides is 1. The maximum atomic E-state index is 12.5. The van der Waals surface area contributed by atoms with Crippen molar-refractivity contribution >= 4 is 5.91 Å². The molecule has 1 fully saturated rings. The van der Waals surface area contributed by atoms with Gasteiger partial charge in [-0.15, -0.1) is 0 Å². The van der Waals surface area contributed by atoms with Crippen LogP contribution in [0.25, 0.3) is 0 Å².